The molecule has 0 saturated carbocycles. The van der Waals surface area contributed by atoms with E-state index in [4.69, 9.17) is 0 Å². The Bertz CT molecular complexity index is 509. The van der Waals surface area contributed by atoms with Gasteiger partial charge in [0.1, 0.15) is 11.7 Å². The van der Waals surface area contributed by atoms with E-state index in [0.717, 1.165) is 12.1 Å². The van der Waals surface area contributed by atoms with Crippen LogP contribution in [0.15, 0.2) is 6.07 Å². The van der Waals surface area contributed by atoms with E-state index in [1.54, 1.807) is 9.58 Å². The number of amides is 2. The first-order valence-corrected chi connectivity index (χ1v) is 7.27. The van der Waals surface area contributed by atoms with Gasteiger partial charge >= 0.3 is 0 Å². The van der Waals surface area contributed by atoms with Crippen LogP contribution in [0.25, 0.3) is 0 Å². The van der Waals surface area contributed by atoms with Gasteiger partial charge in [-0.25, -0.2) is 0 Å². The number of rotatable bonds is 4. The van der Waals surface area contributed by atoms with Gasteiger partial charge in [-0.15, -0.1) is 0 Å². The molecular weight excluding hydrogens is 256 g/mol. The summed E-state index contributed by atoms with van der Waals surface area (Å²) in [6.07, 6.45) is 1.42. The number of nitrogens with one attached hydrogen (secondary N) is 1. The molecule has 1 saturated heterocycles. The summed E-state index contributed by atoms with van der Waals surface area (Å²) < 4.78 is 1.72. The number of aromatic nitrogens is 2. The molecule has 1 aromatic heterocycles. The van der Waals surface area contributed by atoms with Crippen LogP contribution in [0.3, 0.4) is 0 Å². The van der Waals surface area contributed by atoms with Gasteiger partial charge in [-0.3, -0.25) is 14.3 Å². The normalized spacial score (nSPS) is 19.1. The van der Waals surface area contributed by atoms with Crippen molar-refractivity contribution in [3.05, 3.63) is 17.5 Å². The molecule has 6 heteroatoms. The van der Waals surface area contributed by atoms with Crippen LogP contribution in [0.4, 0.5) is 0 Å². The highest BCUT2D eigenvalue weighted by Crippen LogP contribution is 2.15. The zero-order chi connectivity index (χ0) is 14.7. The third kappa shape index (κ3) is 2.55. The third-order valence-electron chi connectivity index (χ3n) is 3.69. The molecule has 20 heavy (non-hydrogen) atoms. The predicted octanol–water partition coefficient (Wildman–Crippen LogP) is 0.816. The number of nitrogens with zero attached hydrogens (tertiary/aromatic N) is 3. The molecule has 0 spiro atoms. The lowest BCUT2D eigenvalue weighted by molar-refractivity contribution is -0.127. The summed E-state index contributed by atoms with van der Waals surface area (Å²) in [5.41, 5.74) is 1.49. The van der Waals surface area contributed by atoms with Crippen LogP contribution < -0.4 is 5.32 Å². The molecule has 2 amide bonds. The van der Waals surface area contributed by atoms with Crippen molar-refractivity contribution in [1.82, 2.24) is 20.0 Å². The van der Waals surface area contributed by atoms with Gasteiger partial charge in [0, 0.05) is 19.6 Å². The molecule has 1 atom stereocenters. The summed E-state index contributed by atoms with van der Waals surface area (Å²) in [5, 5.41) is 7.21. The van der Waals surface area contributed by atoms with E-state index >= 15 is 0 Å². The van der Waals surface area contributed by atoms with Gasteiger partial charge in [0.25, 0.3) is 5.91 Å². The van der Waals surface area contributed by atoms with Crippen molar-refractivity contribution in [2.45, 2.75) is 46.2 Å². The maximum absolute atomic E-state index is 12.7. The van der Waals surface area contributed by atoms with E-state index in [9.17, 15) is 9.59 Å². The second kappa shape index (κ2) is 6.07. The number of carbonyl (C=O) groups is 2. The van der Waals surface area contributed by atoms with E-state index in [1.807, 2.05) is 26.8 Å². The molecule has 1 N–H and O–H groups in total. The molecule has 1 aromatic rings. The van der Waals surface area contributed by atoms with Gasteiger partial charge in [-0.05, 0) is 25.8 Å². The van der Waals surface area contributed by atoms with Gasteiger partial charge in [-0.1, -0.05) is 13.8 Å². The number of piperazine rings is 1. The average Bonchev–Trinajstić information content (AvgIpc) is 2.89. The molecule has 1 fully saturated rings. The van der Waals surface area contributed by atoms with Crippen LogP contribution in [0.5, 0.6) is 0 Å². The quantitative estimate of drug-likeness (QED) is 0.886. The Kier molecular flexibility index (Phi) is 4.42. The minimum absolute atomic E-state index is 0.0645. The van der Waals surface area contributed by atoms with Crippen LogP contribution in [-0.2, 0) is 17.8 Å². The van der Waals surface area contributed by atoms with Crippen molar-refractivity contribution in [3.8, 4) is 0 Å². The third-order valence-corrected chi connectivity index (χ3v) is 3.69. The fourth-order valence-electron chi connectivity index (χ4n) is 2.57. The van der Waals surface area contributed by atoms with Crippen molar-refractivity contribution in [2.24, 2.45) is 0 Å². The Morgan fingerprint density at radius 3 is 2.80 bits per heavy atom. The Hall–Kier alpha value is -1.85. The highest BCUT2D eigenvalue weighted by molar-refractivity contribution is 5.97. The van der Waals surface area contributed by atoms with Gasteiger partial charge < -0.3 is 10.2 Å². The molecule has 0 radical (unpaired) electrons. The van der Waals surface area contributed by atoms with Gasteiger partial charge in [0.2, 0.25) is 5.91 Å². The number of aryl methyl sites for hydroxylation is 2. The first kappa shape index (κ1) is 14.6. The minimum atomic E-state index is -0.374. The van der Waals surface area contributed by atoms with E-state index in [-0.39, 0.29) is 17.9 Å². The van der Waals surface area contributed by atoms with E-state index in [2.05, 4.69) is 10.4 Å². The lowest BCUT2D eigenvalue weighted by atomic mass is 10.1. The monoisotopic (exact) mass is 278 g/mol. The standard InChI is InChI=1S/C14H22N4O2/c1-4-10-9-12(18(6-3)16-10)14(20)17-8-7-15-13(19)11(17)5-2/h9,11H,4-8H2,1-3H3,(H,15,19). The topological polar surface area (TPSA) is 67.2 Å². The summed E-state index contributed by atoms with van der Waals surface area (Å²) in [6.45, 7) is 7.62. The van der Waals surface area contributed by atoms with Gasteiger partial charge in [0.05, 0.1) is 5.69 Å². The smallest absolute Gasteiger partial charge is 0.272 e. The fourth-order valence-corrected chi connectivity index (χ4v) is 2.57. The minimum Gasteiger partial charge on any atom is -0.353 e. The van der Waals surface area contributed by atoms with E-state index in [0.29, 0.717) is 31.7 Å². The number of hydrogen-bond donors (Lipinski definition) is 1. The van der Waals surface area contributed by atoms with Gasteiger partial charge in [-0.2, -0.15) is 5.10 Å². The molecule has 2 rings (SSSR count). The second-order valence-electron chi connectivity index (χ2n) is 4.90. The Balaban J connectivity index is 2.29. The summed E-state index contributed by atoms with van der Waals surface area (Å²) in [6, 6.07) is 1.46. The molecule has 1 aliphatic heterocycles. The van der Waals surface area contributed by atoms with Crippen molar-refractivity contribution in [1.29, 1.82) is 0 Å². The van der Waals surface area contributed by atoms with Crippen LogP contribution in [-0.4, -0.2) is 45.6 Å². The first-order chi connectivity index (χ1) is 9.62. The van der Waals surface area contributed by atoms with E-state index < -0.39 is 0 Å². The zero-order valence-electron chi connectivity index (χ0n) is 12.3. The summed E-state index contributed by atoms with van der Waals surface area (Å²) in [7, 11) is 0. The van der Waals surface area contributed by atoms with Crippen LogP contribution in [0, 0.1) is 0 Å². The maximum Gasteiger partial charge on any atom is 0.272 e. The Morgan fingerprint density at radius 2 is 2.20 bits per heavy atom. The highest BCUT2D eigenvalue weighted by Gasteiger charge is 2.33. The summed E-state index contributed by atoms with van der Waals surface area (Å²) in [4.78, 5) is 26.2. The molecule has 6 nitrogen and oxygen atoms in total. The van der Waals surface area contributed by atoms with Gasteiger partial charge in [0.15, 0.2) is 0 Å². The van der Waals surface area contributed by atoms with Crippen LogP contribution in [0.2, 0.25) is 0 Å². The predicted molar refractivity (Wildman–Crippen MR) is 75.4 cm³/mol. The SMILES string of the molecule is CCc1cc(C(=O)N2CCNC(=O)C2CC)n(CC)n1. The second-order valence-corrected chi connectivity index (χ2v) is 4.90. The van der Waals surface area contributed by atoms with Crippen molar-refractivity contribution in [2.75, 3.05) is 13.1 Å². The molecule has 2 heterocycles. The van der Waals surface area contributed by atoms with Crippen molar-refractivity contribution in [3.63, 3.8) is 0 Å². The maximum atomic E-state index is 12.7. The van der Waals surface area contributed by atoms with E-state index in [1.165, 1.54) is 0 Å². The van der Waals surface area contributed by atoms with Crippen molar-refractivity contribution >= 4 is 11.8 Å². The number of carbonyl (C=O) groups excluding carboxylic acids is 2. The summed E-state index contributed by atoms with van der Waals surface area (Å²) >= 11 is 0. The van der Waals surface area contributed by atoms with Crippen LogP contribution in [0.1, 0.15) is 43.4 Å². The molecule has 110 valence electrons. The molecule has 0 bridgehead atoms. The Morgan fingerprint density at radius 1 is 1.45 bits per heavy atom. The van der Waals surface area contributed by atoms with Crippen LogP contribution >= 0.6 is 0 Å². The summed E-state index contributed by atoms with van der Waals surface area (Å²) in [5.74, 6) is -0.161. The molecule has 0 aliphatic carbocycles. The molecule has 0 aromatic carbocycles. The van der Waals surface area contributed by atoms with Crippen molar-refractivity contribution < 1.29 is 9.59 Å². The molecule has 1 aliphatic rings. The first-order valence-electron chi connectivity index (χ1n) is 7.27. The zero-order valence-corrected chi connectivity index (χ0v) is 12.3. The Labute approximate surface area is 119 Å². The lowest BCUT2D eigenvalue weighted by Gasteiger charge is -2.34. The number of hydrogen-bond acceptors (Lipinski definition) is 3. The molecule has 1 unspecified atom stereocenters. The lowest BCUT2D eigenvalue weighted by Crippen LogP contribution is -2.57. The average molecular weight is 278 g/mol. The highest BCUT2D eigenvalue weighted by atomic mass is 16.2. The largest absolute Gasteiger partial charge is 0.353 e. The molecular formula is C14H22N4O2. The fraction of sp³-hybridized carbons (Fsp3) is 0.643.